The van der Waals surface area contributed by atoms with Crippen molar-refractivity contribution in [1.82, 2.24) is 0 Å². The van der Waals surface area contributed by atoms with Gasteiger partial charge in [-0.15, -0.1) is 0 Å². The zero-order chi connectivity index (χ0) is 13.7. The lowest BCUT2D eigenvalue weighted by Crippen LogP contribution is -2.30. The van der Waals surface area contributed by atoms with Gasteiger partial charge in [0.05, 0.1) is 12.1 Å². The summed E-state index contributed by atoms with van der Waals surface area (Å²) in [6, 6.07) is 2.45. The molecule has 0 saturated carbocycles. The zero-order valence-electron chi connectivity index (χ0n) is 11.2. The van der Waals surface area contributed by atoms with Crippen LogP contribution in [0.25, 0.3) is 0 Å². The standard InChI is InChI=1S/C14H21F2NO/c1-4-6-11(18-5-2)14(17)10-8-7-9(3)12(15)13(10)16/h7-8,11,14H,4-6,17H2,1-3H3. The van der Waals surface area contributed by atoms with E-state index in [1.54, 1.807) is 12.1 Å². The van der Waals surface area contributed by atoms with Gasteiger partial charge in [0.1, 0.15) is 0 Å². The van der Waals surface area contributed by atoms with Crippen LogP contribution in [0.15, 0.2) is 12.1 Å². The molecular weight excluding hydrogens is 236 g/mol. The van der Waals surface area contributed by atoms with Crippen LogP contribution in [0.1, 0.15) is 43.9 Å². The molecule has 2 nitrogen and oxygen atoms in total. The number of rotatable bonds is 6. The molecule has 0 amide bonds. The second-order valence-corrected chi connectivity index (χ2v) is 4.41. The molecule has 0 spiro atoms. The van der Waals surface area contributed by atoms with Crippen molar-refractivity contribution in [3.05, 3.63) is 34.9 Å². The fourth-order valence-corrected chi connectivity index (χ4v) is 1.98. The van der Waals surface area contributed by atoms with Gasteiger partial charge in [-0.1, -0.05) is 25.5 Å². The fourth-order valence-electron chi connectivity index (χ4n) is 1.98. The van der Waals surface area contributed by atoms with Gasteiger partial charge in [-0.05, 0) is 25.8 Å². The molecule has 0 aliphatic heterocycles. The first-order chi connectivity index (χ1) is 8.52. The summed E-state index contributed by atoms with van der Waals surface area (Å²) in [6.07, 6.45) is 1.33. The van der Waals surface area contributed by atoms with Crippen LogP contribution in [0.4, 0.5) is 8.78 Å². The van der Waals surface area contributed by atoms with Crippen LogP contribution in [-0.2, 0) is 4.74 Å². The van der Waals surface area contributed by atoms with E-state index >= 15 is 0 Å². The Balaban J connectivity index is 3.00. The molecule has 0 fully saturated rings. The molecule has 2 atom stereocenters. The number of benzene rings is 1. The van der Waals surface area contributed by atoms with Crippen LogP contribution in [0.2, 0.25) is 0 Å². The highest BCUT2D eigenvalue weighted by Crippen LogP contribution is 2.25. The highest BCUT2D eigenvalue weighted by Gasteiger charge is 2.24. The van der Waals surface area contributed by atoms with Gasteiger partial charge in [0.25, 0.3) is 0 Å². The summed E-state index contributed by atoms with van der Waals surface area (Å²) in [6.45, 7) is 5.90. The summed E-state index contributed by atoms with van der Waals surface area (Å²) in [4.78, 5) is 0. The van der Waals surface area contributed by atoms with E-state index in [2.05, 4.69) is 0 Å². The maximum atomic E-state index is 13.8. The number of nitrogens with two attached hydrogens (primary N) is 1. The molecule has 1 rings (SSSR count). The zero-order valence-corrected chi connectivity index (χ0v) is 11.2. The second-order valence-electron chi connectivity index (χ2n) is 4.41. The van der Waals surface area contributed by atoms with E-state index in [1.165, 1.54) is 6.92 Å². The molecule has 0 saturated heterocycles. The van der Waals surface area contributed by atoms with Crippen LogP contribution < -0.4 is 5.73 Å². The van der Waals surface area contributed by atoms with Gasteiger partial charge in [-0.3, -0.25) is 0 Å². The minimum absolute atomic E-state index is 0.185. The Hall–Kier alpha value is -1.00. The number of aryl methyl sites for hydroxylation is 1. The molecule has 102 valence electrons. The lowest BCUT2D eigenvalue weighted by atomic mass is 9.97. The number of hydrogen-bond donors (Lipinski definition) is 1. The lowest BCUT2D eigenvalue weighted by Gasteiger charge is -2.24. The van der Waals surface area contributed by atoms with Crippen molar-refractivity contribution in [3.8, 4) is 0 Å². The van der Waals surface area contributed by atoms with E-state index in [9.17, 15) is 8.78 Å². The summed E-state index contributed by atoms with van der Waals surface area (Å²) in [7, 11) is 0. The summed E-state index contributed by atoms with van der Waals surface area (Å²) >= 11 is 0. The molecular formula is C14H21F2NO. The van der Waals surface area contributed by atoms with Gasteiger partial charge in [0, 0.05) is 12.2 Å². The minimum Gasteiger partial charge on any atom is -0.377 e. The number of hydrogen-bond acceptors (Lipinski definition) is 2. The monoisotopic (exact) mass is 257 g/mol. The van der Waals surface area contributed by atoms with Gasteiger partial charge in [0.15, 0.2) is 11.6 Å². The predicted octanol–water partition coefficient (Wildman–Crippen LogP) is 3.48. The second kappa shape index (κ2) is 6.81. The summed E-state index contributed by atoms with van der Waals surface area (Å²) < 4.78 is 32.9. The average Bonchev–Trinajstić information content (AvgIpc) is 2.35. The van der Waals surface area contributed by atoms with Crippen molar-refractivity contribution >= 4 is 0 Å². The molecule has 2 N–H and O–H groups in total. The van der Waals surface area contributed by atoms with Crippen molar-refractivity contribution in [1.29, 1.82) is 0 Å². The van der Waals surface area contributed by atoms with Gasteiger partial charge < -0.3 is 10.5 Å². The van der Waals surface area contributed by atoms with Crippen LogP contribution in [-0.4, -0.2) is 12.7 Å². The quantitative estimate of drug-likeness (QED) is 0.846. The molecule has 1 aromatic carbocycles. The fraction of sp³-hybridized carbons (Fsp3) is 0.571. The predicted molar refractivity (Wildman–Crippen MR) is 68.3 cm³/mol. The van der Waals surface area contributed by atoms with Crippen molar-refractivity contribution in [2.24, 2.45) is 5.73 Å². The first-order valence-corrected chi connectivity index (χ1v) is 6.34. The molecule has 0 aliphatic carbocycles. The van der Waals surface area contributed by atoms with Crippen LogP contribution in [0, 0.1) is 18.6 Å². The van der Waals surface area contributed by atoms with E-state index in [1.807, 2.05) is 13.8 Å². The summed E-state index contributed by atoms with van der Waals surface area (Å²) in [5, 5.41) is 0. The lowest BCUT2D eigenvalue weighted by molar-refractivity contribution is 0.0365. The van der Waals surface area contributed by atoms with Crippen molar-refractivity contribution in [2.45, 2.75) is 45.8 Å². The topological polar surface area (TPSA) is 35.2 Å². The van der Waals surface area contributed by atoms with Crippen LogP contribution in [0.3, 0.4) is 0 Å². The smallest absolute Gasteiger partial charge is 0.163 e. The first-order valence-electron chi connectivity index (χ1n) is 6.34. The number of ether oxygens (including phenoxy) is 1. The molecule has 1 aromatic rings. The van der Waals surface area contributed by atoms with Gasteiger partial charge in [-0.2, -0.15) is 0 Å². The van der Waals surface area contributed by atoms with E-state index in [4.69, 9.17) is 10.5 Å². The third-order valence-electron chi connectivity index (χ3n) is 3.02. The van der Waals surface area contributed by atoms with E-state index in [-0.39, 0.29) is 17.2 Å². The molecule has 0 bridgehead atoms. The maximum Gasteiger partial charge on any atom is 0.163 e. The third-order valence-corrected chi connectivity index (χ3v) is 3.02. The van der Waals surface area contributed by atoms with Crippen LogP contribution in [0.5, 0.6) is 0 Å². The Morgan fingerprint density at radius 3 is 2.44 bits per heavy atom. The SMILES string of the molecule is CCCC(OCC)C(N)c1ccc(C)c(F)c1F. The van der Waals surface area contributed by atoms with Crippen LogP contribution >= 0.6 is 0 Å². The summed E-state index contributed by atoms with van der Waals surface area (Å²) in [5.41, 5.74) is 6.47. The van der Waals surface area contributed by atoms with E-state index < -0.39 is 17.7 Å². The highest BCUT2D eigenvalue weighted by atomic mass is 19.2. The highest BCUT2D eigenvalue weighted by molar-refractivity contribution is 5.28. The molecule has 4 heteroatoms. The average molecular weight is 257 g/mol. The summed E-state index contributed by atoms with van der Waals surface area (Å²) in [5.74, 6) is -1.68. The molecule has 0 heterocycles. The van der Waals surface area contributed by atoms with Gasteiger partial charge in [0.2, 0.25) is 0 Å². The van der Waals surface area contributed by atoms with Crippen molar-refractivity contribution in [2.75, 3.05) is 6.61 Å². The van der Waals surface area contributed by atoms with Crippen molar-refractivity contribution in [3.63, 3.8) is 0 Å². The van der Waals surface area contributed by atoms with E-state index in [0.717, 1.165) is 12.8 Å². The third kappa shape index (κ3) is 3.27. The Bertz CT molecular complexity index is 390. The normalized spacial score (nSPS) is 14.6. The van der Waals surface area contributed by atoms with E-state index in [0.29, 0.717) is 6.61 Å². The molecule has 0 aromatic heterocycles. The Kier molecular flexibility index (Phi) is 5.69. The van der Waals surface area contributed by atoms with Gasteiger partial charge in [-0.25, -0.2) is 8.78 Å². The maximum absolute atomic E-state index is 13.8. The minimum atomic E-state index is -0.858. The van der Waals surface area contributed by atoms with Gasteiger partial charge >= 0.3 is 0 Å². The molecule has 18 heavy (non-hydrogen) atoms. The largest absolute Gasteiger partial charge is 0.377 e. The Morgan fingerprint density at radius 2 is 1.89 bits per heavy atom. The molecule has 0 radical (unpaired) electrons. The molecule has 0 aliphatic rings. The Morgan fingerprint density at radius 1 is 1.22 bits per heavy atom. The Labute approximate surface area is 107 Å². The first kappa shape index (κ1) is 15.1. The number of halogens is 2. The molecule has 2 unspecified atom stereocenters. The van der Waals surface area contributed by atoms with Crippen molar-refractivity contribution < 1.29 is 13.5 Å².